The summed E-state index contributed by atoms with van der Waals surface area (Å²) < 4.78 is 6.33. The average Bonchev–Trinajstić information content (AvgIpc) is 2.61. The fraction of sp³-hybridized carbons (Fsp3) is 0.545. The van der Waals surface area contributed by atoms with Crippen molar-refractivity contribution in [1.29, 1.82) is 0 Å². The van der Waals surface area contributed by atoms with Gasteiger partial charge in [0.25, 0.3) is 0 Å². The maximum Gasteiger partial charge on any atom is 0.105 e. The van der Waals surface area contributed by atoms with Crippen LogP contribution in [0.1, 0.15) is 10.4 Å². The Morgan fingerprint density at radius 2 is 2.12 bits per heavy atom. The predicted octanol–water partition coefficient (Wildman–Crippen LogP) is 3.19. The average molecular weight is 273 g/mol. The molecule has 0 amide bonds. The molecule has 1 aliphatic rings. The molecule has 0 atom stereocenters. The van der Waals surface area contributed by atoms with Crippen LogP contribution in [0.15, 0.2) is 6.58 Å². The van der Waals surface area contributed by atoms with E-state index in [-0.39, 0.29) is 0 Å². The Labute approximate surface area is 109 Å². The molecule has 0 radical (unpaired) electrons. The molecule has 5 heteroatoms. The summed E-state index contributed by atoms with van der Waals surface area (Å²) in [5.41, 5.74) is 2.42. The van der Waals surface area contributed by atoms with Crippen molar-refractivity contribution in [3.05, 3.63) is 20.8 Å². The van der Waals surface area contributed by atoms with Crippen molar-refractivity contribution in [3.63, 3.8) is 0 Å². The van der Waals surface area contributed by atoms with E-state index >= 15 is 0 Å². The maximum atomic E-state index is 5.33. The Morgan fingerprint density at radius 1 is 1.44 bits per heavy atom. The Hall–Kier alpha value is -0.0700. The molecule has 1 aliphatic heterocycles. The van der Waals surface area contributed by atoms with E-state index in [1.54, 1.807) is 20.7 Å². The molecule has 1 fully saturated rings. The van der Waals surface area contributed by atoms with Crippen molar-refractivity contribution < 1.29 is 4.74 Å². The van der Waals surface area contributed by atoms with Crippen molar-refractivity contribution in [2.45, 2.75) is 6.92 Å². The minimum Gasteiger partial charge on any atom is -0.379 e. The van der Waals surface area contributed by atoms with E-state index in [0.717, 1.165) is 36.7 Å². The lowest BCUT2D eigenvalue weighted by Gasteiger charge is -2.27. The van der Waals surface area contributed by atoms with Gasteiger partial charge in [-0.3, -0.25) is 4.90 Å². The Balaban J connectivity index is 2.02. The zero-order valence-corrected chi connectivity index (χ0v) is 11.8. The molecule has 2 heterocycles. The van der Waals surface area contributed by atoms with E-state index in [9.17, 15) is 0 Å². The molecule has 0 aliphatic carbocycles. The highest BCUT2D eigenvalue weighted by molar-refractivity contribution is 7.79. The quantitative estimate of drug-likeness (QED) is 0.620. The van der Waals surface area contributed by atoms with Crippen LogP contribution in [0, 0.1) is 10.7 Å². The largest absolute Gasteiger partial charge is 0.379 e. The Morgan fingerprint density at radius 3 is 2.69 bits per heavy atom. The van der Waals surface area contributed by atoms with E-state index in [0.29, 0.717) is 0 Å². The third-order valence-electron chi connectivity index (χ3n) is 2.69. The predicted molar refractivity (Wildman–Crippen MR) is 74.1 cm³/mol. The fourth-order valence-electron chi connectivity index (χ4n) is 1.72. The third-order valence-corrected chi connectivity index (χ3v) is 6.11. The van der Waals surface area contributed by atoms with Gasteiger partial charge in [0.1, 0.15) is 3.82 Å². The number of ether oxygens (including phenoxy) is 1. The van der Waals surface area contributed by atoms with Crippen LogP contribution in [-0.4, -0.2) is 37.7 Å². The smallest absolute Gasteiger partial charge is 0.105 e. The summed E-state index contributed by atoms with van der Waals surface area (Å²) in [5.74, 6) is 0. The molecular weight excluding hydrogens is 258 g/mol. The van der Waals surface area contributed by atoms with Crippen LogP contribution in [0.5, 0.6) is 0 Å². The molecule has 0 N–H and O–H groups in total. The highest BCUT2D eigenvalue weighted by Gasteiger charge is 2.14. The van der Waals surface area contributed by atoms with Crippen LogP contribution < -0.4 is 0 Å². The zero-order valence-electron chi connectivity index (χ0n) is 9.32. The van der Waals surface area contributed by atoms with Gasteiger partial charge in [-0.1, -0.05) is 39.5 Å². The van der Waals surface area contributed by atoms with Gasteiger partial charge in [-0.05, 0) is 18.1 Å². The second kappa shape index (κ2) is 5.51. The summed E-state index contributed by atoms with van der Waals surface area (Å²) in [5, 5.41) is 0. The molecule has 1 aromatic rings. The maximum absolute atomic E-state index is 5.33. The van der Waals surface area contributed by atoms with Crippen LogP contribution in [0.3, 0.4) is 0 Å². The van der Waals surface area contributed by atoms with Gasteiger partial charge in [0.05, 0.1) is 13.2 Å². The first-order chi connectivity index (χ1) is 7.68. The third kappa shape index (κ3) is 2.78. The highest BCUT2D eigenvalue weighted by Crippen LogP contribution is 2.30. The molecule has 0 aromatic carbocycles. The summed E-state index contributed by atoms with van der Waals surface area (Å²) in [7, 11) is 3.43. The van der Waals surface area contributed by atoms with Gasteiger partial charge in [0, 0.05) is 24.5 Å². The second-order valence-corrected chi connectivity index (χ2v) is 6.72. The monoisotopic (exact) mass is 273 g/mol. The lowest BCUT2D eigenvalue weighted by molar-refractivity contribution is 0.0444. The van der Waals surface area contributed by atoms with Gasteiger partial charge in [-0.2, -0.15) is 0 Å². The van der Waals surface area contributed by atoms with Crippen molar-refractivity contribution >= 4 is 38.5 Å². The first-order valence-electron chi connectivity index (χ1n) is 5.26. The molecule has 2 rings (SSSR count). The fourth-order valence-corrected chi connectivity index (χ4v) is 4.64. The van der Waals surface area contributed by atoms with Crippen LogP contribution in [0.2, 0.25) is 0 Å². The Kier molecular flexibility index (Phi) is 4.27. The summed E-state index contributed by atoms with van der Waals surface area (Å²) >= 11 is 5.25. The highest BCUT2D eigenvalue weighted by atomic mass is 32.9. The van der Waals surface area contributed by atoms with Crippen molar-refractivity contribution in [2.75, 3.05) is 32.8 Å². The summed E-state index contributed by atoms with van der Waals surface area (Å²) in [4.78, 5) is 3.67. The van der Waals surface area contributed by atoms with Gasteiger partial charge in [-0.25, -0.2) is 0 Å². The topological polar surface area (TPSA) is 12.5 Å². The molecule has 0 unspecified atom stereocenters. The van der Waals surface area contributed by atoms with E-state index in [4.69, 9.17) is 17.0 Å². The van der Waals surface area contributed by atoms with Gasteiger partial charge in [0.15, 0.2) is 0 Å². The molecule has 0 spiro atoms. The van der Waals surface area contributed by atoms with Crippen LogP contribution in [0.4, 0.5) is 0 Å². The summed E-state index contributed by atoms with van der Waals surface area (Å²) in [6.45, 7) is 10.9. The van der Waals surface area contributed by atoms with E-state index < -0.39 is 0 Å². The molecule has 88 valence electrons. The molecular formula is C11H15NOS3. The molecule has 16 heavy (non-hydrogen) atoms. The van der Waals surface area contributed by atoms with Crippen molar-refractivity contribution in [1.82, 2.24) is 4.90 Å². The lowest BCUT2D eigenvalue weighted by atomic mass is 10.2. The minimum atomic E-state index is 0.839. The van der Waals surface area contributed by atoms with Crippen LogP contribution in [-0.2, 0) is 4.74 Å². The number of nitrogens with zero attached hydrogens (tertiary/aromatic N) is 1. The molecule has 1 aromatic heterocycles. The van der Waals surface area contributed by atoms with Gasteiger partial charge < -0.3 is 4.74 Å². The van der Waals surface area contributed by atoms with Crippen LogP contribution >= 0.6 is 32.9 Å². The molecule has 0 saturated carbocycles. The normalized spacial score (nSPS) is 17.6. The molecule has 0 bridgehead atoms. The number of hydrogen-bond acceptors (Lipinski definition) is 5. The van der Waals surface area contributed by atoms with E-state index in [1.165, 1.54) is 16.0 Å². The number of morpholine rings is 1. The first-order valence-corrected chi connectivity index (χ1v) is 7.82. The Bertz CT molecular complexity index is 429. The molecule has 1 saturated heterocycles. The summed E-state index contributed by atoms with van der Waals surface area (Å²) in [6, 6.07) is 0. The standard InChI is InChI=1S/C11H15NOS3/c1-8(7-12-3-5-13-6-4-12)10-9(2)11(14)16-15-10/h1,3-7H2,2H3. The van der Waals surface area contributed by atoms with E-state index in [1.807, 2.05) is 0 Å². The SMILES string of the molecule is C=C(CN1CCOCC1)c1ssc(=S)c1C. The second-order valence-electron chi connectivity index (χ2n) is 3.90. The number of hydrogen-bond donors (Lipinski definition) is 0. The van der Waals surface area contributed by atoms with Crippen molar-refractivity contribution in [3.8, 4) is 0 Å². The molecule has 2 nitrogen and oxygen atoms in total. The zero-order chi connectivity index (χ0) is 11.5. The van der Waals surface area contributed by atoms with Gasteiger partial charge in [-0.15, -0.1) is 0 Å². The minimum absolute atomic E-state index is 0.839. The lowest BCUT2D eigenvalue weighted by Crippen LogP contribution is -2.37. The first kappa shape index (κ1) is 12.4. The van der Waals surface area contributed by atoms with Gasteiger partial charge in [0.2, 0.25) is 0 Å². The number of rotatable bonds is 3. The van der Waals surface area contributed by atoms with Crippen molar-refractivity contribution in [2.24, 2.45) is 0 Å². The van der Waals surface area contributed by atoms with Gasteiger partial charge >= 0.3 is 0 Å². The van der Waals surface area contributed by atoms with Crippen LogP contribution in [0.25, 0.3) is 5.57 Å². The van der Waals surface area contributed by atoms with E-state index in [2.05, 4.69) is 18.4 Å². The summed E-state index contributed by atoms with van der Waals surface area (Å²) in [6.07, 6.45) is 0.